The molecule has 0 radical (unpaired) electrons. The van der Waals surface area contributed by atoms with Crippen LogP contribution in [0.2, 0.25) is 0 Å². The first-order valence-electron chi connectivity index (χ1n) is 5.91. The fourth-order valence-corrected chi connectivity index (χ4v) is 3.64. The van der Waals surface area contributed by atoms with Gasteiger partial charge in [0, 0.05) is 12.7 Å². The molecule has 0 aliphatic carbocycles. The van der Waals surface area contributed by atoms with Crippen LogP contribution in [0.4, 0.5) is 4.39 Å². The molecule has 1 aliphatic rings. The molecule has 1 unspecified atom stereocenters. The van der Waals surface area contributed by atoms with Crippen molar-refractivity contribution < 1.29 is 12.8 Å². The Kier molecular flexibility index (Phi) is 3.94. The Labute approximate surface area is 106 Å². The molecule has 0 amide bonds. The van der Waals surface area contributed by atoms with Crippen molar-refractivity contribution in [2.24, 2.45) is 5.73 Å². The van der Waals surface area contributed by atoms with E-state index in [1.165, 1.54) is 12.3 Å². The fraction of sp³-hybridized carbons (Fsp3) is 0.545. The minimum Gasteiger partial charge on any atom is -0.315 e. The summed E-state index contributed by atoms with van der Waals surface area (Å²) in [5.41, 5.74) is 5.85. The SMILES string of the molecule is NC1CCCCCN1S(=O)(=O)c1ncccc1F. The van der Waals surface area contributed by atoms with Gasteiger partial charge in [0.1, 0.15) is 0 Å². The van der Waals surface area contributed by atoms with Crippen molar-refractivity contribution in [1.82, 2.24) is 9.29 Å². The summed E-state index contributed by atoms with van der Waals surface area (Å²) in [6.07, 6.45) is 3.82. The Morgan fingerprint density at radius 2 is 2.17 bits per heavy atom. The number of nitrogens with zero attached hydrogens (tertiary/aromatic N) is 2. The van der Waals surface area contributed by atoms with Crippen LogP contribution in [0, 0.1) is 5.82 Å². The molecule has 1 aromatic heterocycles. The van der Waals surface area contributed by atoms with E-state index in [2.05, 4.69) is 4.98 Å². The third-order valence-corrected chi connectivity index (χ3v) is 4.89. The zero-order chi connectivity index (χ0) is 13.2. The Morgan fingerprint density at radius 3 is 2.89 bits per heavy atom. The lowest BCUT2D eigenvalue weighted by atomic mass is 10.2. The van der Waals surface area contributed by atoms with E-state index in [1.54, 1.807) is 0 Å². The second-order valence-electron chi connectivity index (χ2n) is 4.32. The van der Waals surface area contributed by atoms with Crippen LogP contribution in [-0.2, 0) is 10.0 Å². The number of sulfonamides is 1. The van der Waals surface area contributed by atoms with E-state index in [1.807, 2.05) is 0 Å². The molecule has 5 nitrogen and oxygen atoms in total. The Hall–Kier alpha value is -1.05. The van der Waals surface area contributed by atoms with Crippen molar-refractivity contribution in [1.29, 1.82) is 0 Å². The fourth-order valence-electron chi connectivity index (χ4n) is 2.08. The van der Waals surface area contributed by atoms with Gasteiger partial charge >= 0.3 is 0 Å². The van der Waals surface area contributed by atoms with Crippen LogP contribution in [0.3, 0.4) is 0 Å². The van der Waals surface area contributed by atoms with Gasteiger partial charge < -0.3 is 5.73 Å². The van der Waals surface area contributed by atoms with Gasteiger partial charge in [-0.25, -0.2) is 17.8 Å². The van der Waals surface area contributed by atoms with Crippen LogP contribution >= 0.6 is 0 Å². The van der Waals surface area contributed by atoms with E-state index in [4.69, 9.17) is 5.73 Å². The molecule has 1 saturated heterocycles. The standard InChI is InChI=1S/C11H16FN3O2S/c12-9-5-4-7-14-11(9)18(16,17)15-8-3-1-2-6-10(15)13/h4-5,7,10H,1-3,6,8,13H2. The molecule has 0 spiro atoms. The number of nitrogens with two attached hydrogens (primary N) is 1. The highest BCUT2D eigenvalue weighted by molar-refractivity contribution is 7.89. The number of hydrogen-bond acceptors (Lipinski definition) is 4. The number of hydrogen-bond donors (Lipinski definition) is 1. The number of aromatic nitrogens is 1. The molecule has 1 fully saturated rings. The largest absolute Gasteiger partial charge is 0.315 e. The average molecular weight is 273 g/mol. The summed E-state index contributed by atoms with van der Waals surface area (Å²) >= 11 is 0. The number of halogens is 1. The lowest BCUT2D eigenvalue weighted by Crippen LogP contribution is -2.45. The second-order valence-corrected chi connectivity index (χ2v) is 6.13. The first-order valence-corrected chi connectivity index (χ1v) is 7.35. The quantitative estimate of drug-likeness (QED) is 0.874. The summed E-state index contributed by atoms with van der Waals surface area (Å²) in [6, 6.07) is 2.44. The predicted octanol–water partition coefficient (Wildman–Crippen LogP) is 1.07. The smallest absolute Gasteiger partial charge is 0.264 e. The van der Waals surface area contributed by atoms with Crippen molar-refractivity contribution in [2.45, 2.75) is 36.9 Å². The van der Waals surface area contributed by atoms with Crippen LogP contribution < -0.4 is 5.73 Å². The molecule has 7 heteroatoms. The number of pyridine rings is 1. The summed E-state index contributed by atoms with van der Waals surface area (Å²) in [6.45, 7) is 0.319. The molecular formula is C11H16FN3O2S. The van der Waals surface area contributed by atoms with Crippen molar-refractivity contribution in [3.8, 4) is 0 Å². The van der Waals surface area contributed by atoms with Gasteiger partial charge in [0.25, 0.3) is 10.0 Å². The van der Waals surface area contributed by atoms with Gasteiger partial charge in [0.05, 0.1) is 6.17 Å². The van der Waals surface area contributed by atoms with Crippen molar-refractivity contribution in [3.63, 3.8) is 0 Å². The molecule has 18 heavy (non-hydrogen) atoms. The summed E-state index contributed by atoms with van der Waals surface area (Å²) in [4.78, 5) is 3.63. The third-order valence-electron chi connectivity index (χ3n) is 3.03. The highest BCUT2D eigenvalue weighted by Crippen LogP contribution is 2.22. The Morgan fingerprint density at radius 1 is 1.39 bits per heavy atom. The minimum atomic E-state index is -3.94. The van der Waals surface area contributed by atoms with E-state index >= 15 is 0 Å². The van der Waals surface area contributed by atoms with Crippen LogP contribution in [0.1, 0.15) is 25.7 Å². The monoisotopic (exact) mass is 273 g/mol. The van der Waals surface area contributed by atoms with Gasteiger partial charge in [-0.1, -0.05) is 12.8 Å². The zero-order valence-corrected chi connectivity index (χ0v) is 10.7. The first-order chi connectivity index (χ1) is 8.53. The van der Waals surface area contributed by atoms with Gasteiger partial charge in [0.15, 0.2) is 5.82 Å². The van der Waals surface area contributed by atoms with Gasteiger partial charge in [-0.05, 0) is 25.0 Å². The predicted molar refractivity (Wildman–Crippen MR) is 64.5 cm³/mol. The van der Waals surface area contributed by atoms with Crippen LogP contribution in [0.15, 0.2) is 23.4 Å². The molecule has 2 N–H and O–H groups in total. The second kappa shape index (κ2) is 5.29. The van der Waals surface area contributed by atoms with E-state index in [-0.39, 0.29) is 0 Å². The summed E-state index contributed by atoms with van der Waals surface area (Å²) < 4.78 is 39.3. The maximum atomic E-state index is 13.6. The van der Waals surface area contributed by atoms with Gasteiger partial charge in [-0.2, -0.15) is 4.31 Å². The lowest BCUT2D eigenvalue weighted by molar-refractivity contribution is 0.326. The molecule has 0 aromatic carbocycles. The maximum Gasteiger partial charge on any atom is 0.264 e. The summed E-state index contributed by atoms with van der Waals surface area (Å²) in [7, 11) is -3.94. The molecule has 0 saturated carbocycles. The van der Waals surface area contributed by atoms with E-state index in [0.29, 0.717) is 13.0 Å². The van der Waals surface area contributed by atoms with Gasteiger partial charge in [0.2, 0.25) is 5.03 Å². The molecule has 100 valence electrons. The molecule has 2 rings (SSSR count). The molecular weight excluding hydrogens is 257 g/mol. The van der Waals surface area contributed by atoms with E-state index in [0.717, 1.165) is 29.6 Å². The van der Waals surface area contributed by atoms with Gasteiger partial charge in [-0.15, -0.1) is 0 Å². The topological polar surface area (TPSA) is 76.3 Å². The van der Waals surface area contributed by atoms with E-state index in [9.17, 15) is 12.8 Å². The first kappa shape index (κ1) is 13.4. The summed E-state index contributed by atoms with van der Waals surface area (Å²) in [5.74, 6) is -0.839. The zero-order valence-electron chi connectivity index (χ0n) is 9.92. The van der Waals surface area contributed by atoms with Crippen LogP contribution in [-0.4, -0.2) is 30.4 Å². The highest BCUT2D eigenvalue weighted by atomic mass is 32.2. The molecule has 0 bridgehead atoms. The molecule has 2 heterocycles. The van der Waals surface area contributed by atoms with E-state index < -0.39 is 27.0 Å². The Balaban J connectivity index is 2.38. The minimum absolute atomic E-state index is 0.319. The highest BCUT2D eigenvalue weighted by Gasteiger charge is 2.33. The number of rotatable bonds is 2. The van der Waals surface area contributed by atoms with Crippen molar-refractivity contribution >= 4 is 10.0 Å². The lowest BCUT2D eigenvalue weighted by Gasteiger charge is -2.25. The maximum absolute atomic E-state index is 13.6. The summed E-state index contributed by atoms with van der Waals surface area (Å²) in [5, 5.41) is -0.539. The third kappa shape index (κ3) is 2.52. The van der Waals surface area contributed by atoms with Gasteiger partial charge in [-0.3, -0.25) is 0 Å². The van der Waals surface area contributed by atoms with Crippen LogP contribution in [0.25, 0.3) is 0 Å². The molecule has 1 atom stereocenters. The van der Waals surface area contributed by atoms with Crippen molar-refractivity contribution in [3.05, 3.63) is 24.1 Å². The molecule has 1 aromatic rings. The van der Waals surface area contributed by atoms with Crippen molar-refractivity contribution in [2.75, 3.05) is 6.54 Å². The molecule has 1 aliphatic heterocycles. The van der Waals surface area contributed by atoms with Crippen LogP contribution in [0.5, 0.6) is 0 Å². The average Bonchev–Trinajstić information content (AvgIpc) is 2.54. The normalized spacial score (nSPS) is 22.7. The Bertz CT molecular complexity index is 521.